The first-order valence-corrected chi connectivity index (χ1v) is 6.54. The molecule has 3 heteroatoms. The summed E-state index contributed by atoms with van der Waals surface area (Å²) in [5, 5.41) is 0. The molecule has 1 aromatic carbocycles. The average Bonchev–Trinajstić information content (AvgIpc) is 2.65. The van der Waals surface area contributed by atoms with Gasteiger partial charge in [0, 0.05) is 37.6 Å². The topological polar surface area (TPSA) is 32.5 Å². The molecule has 3 nitrogen and oxygen atoms in total. The van der Waals surface area contributed by atoms with E-state index in [2.05, 4.69) is 29.0 Å². The molecule has 0 radical (unpaired) electrons. The van der Waals surface area contributed by atoms with Gasteiger partial charge in [-0.25, -0.2) is 0 Å². The number of fused-ring (bicyclic) bond motifs is 1. The highest BCUT2D eigenvalue weighted by Crippen LogP contribution is 2.30. The lowest BCUT2D eigenvalue weighted by molar-refractivity contribution is 0.128. The number of hydrogen-bond acceptors (Lipinski definition) is 3. The van der Waals surface area contributed by atoms with Crippen molar-refractivity contribution in [2.24, 2.45) is 5.92 Å². The minimum atomic E-state index is 0.895. The third kappa shape index (κ3) is 2.12. The standard InChI is InChI=1S/C14H21N3/c1-16-9-11(10-16)4-6-17-7-5-12-8-13(15)2-3-14(12)17/h2-3,8,11H,4-7,9-10,15H2,1H3. The van der Waals surface area contributed by atoms with E-state index < -0.39 is 0 Å². The van der Waals surface area contributed by atoms with Crippen LogP contribution in [-0.2, 0) is 6.42 Å². The number of nitrogen functional groups attached to an aromatic ring is 1. The summed E-state index contributed by atoms with van der Waals surface area (Å²) >= 11 is 0. The predicted molar refractivity (Wildman–Crippen MR) is 72.4 cm³/mol. The molecule has 0 amide bonds. The molecule has 1 saturated heterocycles. The summed E-state index contributed by atoms with van der Waals surface area (Å²) in [5.41, 5.74) is 9.55. The van der Waals surface area contributed by atoms with Crippen molar-refractivity contribution in [2.75, 3.05) is 43.9 Å². The molecule has 2 aliphatic rings. The highest BCUT2D eigenvalue weighted by atomic mass is 15.2. The molecule has 2 aliphatic heterocycles. The van der Waals surface area contributed by atoms with Gasteiger partial charge in [-0.1, -0.05) is 0 Å². The maximum atomic E-state index is 5.82. The number of nitrogens with two attached hydrogens (primary N) is 1. The molecule has 0 saturated carbocycles. The molecular formula is C14H21N3. The Morgan fingerprint density at radius 3 is 2.94 bits per heavy atom. The highest BCUT2D eigenvalue weighted by Gasteiger charge is 2.25. The quantitative estimate of drug-likeness (QED) is 0.802. The van der Waals surface area contributed by atoms with E-state index in [1.165, 1.54) is 43.9 Å². The number of rotatable bonds is 3. The third-order valence-electron chi connectivity index (χ3n) is 4.04. The monoisotopic (exact) mass is 231 g/mol. The van der Waals surface area contributed by atoms with E-state index in [0.717, 1.165) is 18.0 Å². The van der Waals surface area contributed by atoms with Crippen molar-refractivity contribution >= 4 is 11.4 Å². The SMILES string of the molecule is CN1CC(CCN2CCc3cc(N)ccc32)C1. The van der Waals surface area contributed by atoms with Gasteiger partial charge in [-0.2, -0.15) is 0 Å². The first kappa shape index (κ1) is 10.9. The van der Waals surface area contributed by atoms with Gasteiger partial charge < -0.3 is 15.5 Å². The van der Waals surface area contributed by atoms with Gasteiger partial charge in [0.1, 0.15) is 0 Å². The zero-order valence-electron chi connectivity index (χ0n) is 10.5. The van der Waals surface area contributed by atoms with E-state index in [1.807, 2.05) is 6.07 Å². The van der Waals surface area contributed by atoms with Crippen LogP contribution in [0.25, 0.3) is 0 Å². The Balaban J connectivity index is 1.60. The number of likely N-dealkylation sites (tertiary alicyclic amines) is 1. The smallest absolute Gasteiger partial charge is 0.0401 e. The summed E-state index contributed by atoms with van der Waals surface area (Å²) in [7, 11) is 2.20. The maximum absolute atomic E-state index is 5.82. The molecule has 92 valence electrons. The van der Waals surface area contributed by atoms with Crippen molar-refractivity contribution in [3.05, 3.63) is 23.8 Å². The molecule has 0 atom stereocenters. The molecule has 0 unspecified atom stereocenters. The fraction of sp³-hybridized carbons (Fsp3) is 0.571. The number of benzene rings is 1. The Morgan fingerprint density at radius 2 is 2.18 bits per heavy atom. The van der Waals surface area contributed by atoms with Crippen LogP contribution in [0, 0.1) is 5.92 Å². The van der Waals surface area contributed by atoms with Crippen LogP contribution in [0.15, 0.2) is 18.2 Å². The zero-order chi connectivity index (χ0) is 11.8. The molecule has 1 aromatic rings. The van der Waals surface area contributed by atoms with Crippen molar-refractivity contribution in [2.45, 2.75) is 12.8 Å². The summed E-state index contributed by atoms with van der Waals surface area (Å²) in [6.07, 6.45) is 2.49. The molecule has 0 bridgehead atoms. The van der Waals surface area contributed by atoms with Gasteiger partial charge in [-0.3, -0.25) is 0 Å². The van der Waals surface area contributed by atoms with Crippen molar-refractivity contribution in [3.8, 4) is 0 Å². The number of anilines is 2. The highest BCUT2D eigenvalue weighted by molar-refractivity contribution is 5.62. The van der Waals surface area contributed by atoms with Crippen LogP contribution in [-0.4, -0.2) is 38.1 Å². The second-order valence-corrected chi connectivity index (χ2v) is 5.50. The van der Waals surface area contributed by atoms with Crippen molar-refractivity contribution in [1.82, 2.24) is 4.90 Å². The Morgan fingerprint density at radius 1 is 1.35 bits per heavy atom. The minimum Gasteiger partial charge on any atom is -0.399 e. The predicted octanol–water partition coefficient (Wildman–Crippen LogP) is 1.58. The van der Waals surface area contributed by atoms with E-state index in [9.17, 15) is 0 Å². The van der Waals surface area contributed by atoms with Gasteiger partial charge in [0.25, 0.3) is 0 Å². The van der Waals surface area contributed by atoms with Crippen LogP contribution in [0.1, 0.15) is 12.0 Å². The van der Waals surface area contributed by atoms with Crippen LogP contribution < -0.4 is 10.6 Å². The van der Waals surface area contributed by atoms with Crippen molar-refractivity contribution in [3.63, 3.8) is 0 Å². The normalized spacial score (nSPS) is 20.4. The first-order valence-electron chi connectivity index (χ1n) is 6.54. The molecule has 17 heavy (non-hydrogen) atoms. The molecule has 1 fully saturated rings. The largest absolute Gasteiger partial charge is 0.399 e. The lowest BCUT2D eigenvalue weighted by Gasteiger charge is -2.37. The summed E-state index contributed by atoms with van der Waals surface area (Å²) in [6, 6.07) is 6.34. The Bertz CT molecular complexity index is 410. The second kappa shape index (κ2) is 4.22. The van der Waals surface area contributed by atoms with E-state index in [1.54, 1.807) is 0 Å². The van der Waals surface area contributed by atoms with Crippen LogP contribution in [0.2, 0.25) is 0 Å². The Labute approximate surface area is 103 Å². The summed E-state index contributed by atoms with van der Waals surface area (Å²) in [4.78, 5) is 4.91. The summed E-state index contributed by atoms with van der Waals surface area (Å²) in [6.45, 7) is 4.93. The Hall–Kier alpha value is -1.22. The van der Waals surface area contributed by atoms with Gasteiger partial charge in [0.2, 0.25) is 0 Å². The lowest BCUT2D eigenvalue weighted by Crippen LogP contribution is -2.45. The fourth-order valence-corrected chi connectivity index (χ4v) is 3.07. The second-order valence-electron chi connectivity index (χ2n) is 5.50. The van der Waals surface area contributed by atoms with Crippen LogP contribution >= 0.6 is 0 Å². The maximum Gasteiger partial charge on any atom is 0.0401 e. The van der Waals surface area contributed by atoms with Gasteiger partial charge >= 0.3 is 0 Å². The number of hydrogen-bond donors (Lipinski definition) is 1. The number of nitrogens with zero attached hydrogens (tertiary/aromatic N) is 2. The molecule has 0 spiro atoms. The van der Waals surface area contributed by atoms with Crippen LogP contribution in [0.3, 0.4) is 0 Å². The van der Waals surface area contributed by atoms with E-state index >= 15 is 0 Å². The molecule has 2 N–H and O–H groups in total. The molecule has 3 rings (SSSR count). The molecule has 2 heterocycles. The van der Waals surface area contributed by atoms with E-state index in [-0.39, 0.29) is 0 Å². The average molecular weight is 231 g/mol. The van der Waals surface area contributed by atoms with Gasteiger partial charge in [-0.15, -0.1) is 0 Å². The van der Waals surface area contributed by atoms with Crippen LogP contribution in [0.4, 0.5) is 11.4 Å². The lowest BCUT2D eigenvalue weighted by atomic mass is 9.97. The van der Waals surface area contributed by atoms with Crippen molar-refractivity contribution in [1.29, 1.82) is 0 Å². The third-order valence-corrected chi connectivity index (χ3v) is 4.04. The Kier molecular flexibility index (Phi) is 2.71. The fourth-order valence-electron chi connectivity index (χ4n) is 3.07. The minimum absolute atomic E-state index is 0.895. The molecular weight excluding hydrogens is 210 g/mol. The van der Waals surface area contributed by atoms with Gasteiger partial charge in [0.15, 0.2) is 0 Å². The van der Waals surface area contributed by atoms with E-state index in [4.69, 9.17) is 5.73 Å². The summed E-state index contributed by atoms with van der Waals surface area (Å²) < 4.78 is 0. The van der Waals surface area contributed by atoms with E-state index in [0.29, 0.717) is 0 Å². The van der Waals surface area contributed by atoms with Crippen molar-refractivity contribution < 1.29 is 0 Å². The molecule has 0 aliphatic carbocycles. The van der Waals surface area contributed by atoms with Crippen LogP contribution in [0.5, 0.6) is 0 Å². The van der Waals surface area contributed by atoms with Gasteiger partial charge in [0.05, 0.1) is 0 Å². The first-order chi connectivity index (χ1) is 8.22. The molecule has 0 aromatic heterocycles. The van der Waals surface area contributed by atoms with Gasteiger partial charge in [-0.05, 0) is 49.6 Å². The summed E-state index contributed by atoms with van der Waals surface area (Å²) in [5.74, 6) is 0.915. The zero-order valence-corrected chi connectivity index (χ0v) is 10.5.